The molecule has 1 aliphatic rings. The zero-order valence-electron chi connectivity index (χ0n) is 13.7. The molecule has 1 aromatic heterocycles. The van der Waals surface area contributed by atoms with Gasteiger partial charge >= 0.3 is 0 Å². The van der Waals surface area contributed by atoms with E-state index in [1.807, 2.05) is 12.4 Å². The third kappa shape index (κ3) is 3.43. The number of imidazole rings is 1. The lowest BCUT2D eigenvalue weighted by Gasteiger charge is -2.43. The van der Waals surface area contributed by atoms with Gasteiger partial charge in [0.2, 0.25) is 0 Å². The molecule has 20 heavy (non-hydrogen) atoms. The highest BCUT2D eigenvalue weighted by atomic mass is 15.0. The van der Waals surface area contributed by atoms with Crippen LogP contribution >= 0.6 is 0 Å². The summed E-state index contributed by atoms with van der Waals surface area (Å²) in [5.41, 5.74) is 7.14. The van der Waals surface area contributed by atoms with Crippen LogP contribution in [0.2, 0.25) is 0 Å². The second kappa shape index (κ2) is 5.88. The summed E-state index contributed by atoms with van der Waals surface area (Å²) in [7, 11) is 2.06. The predicted octanol–water partition coefficient (Wildman–Crippen LogP) is 3.68. The maximum Gasteiger partial charge on any atom is 0.108 e. The van der Waals surface area contributed by atoms with E-state index in [0.717, 1.165) is 24.6 Å². The molecule has 2 N–H and O–H groups in total. The van der Waals surface area contributed by atoms with Crippen LogP contribution in [0.1, 0.15) is 65.1 Å². The summed E-state index contributed by atoms with van der Waals surface area (Å²) in [6.07, 6.45) is 12.1. The van der Waals surface area contributed by atoms with Crippen LogP contribution in [0, 0.1) is 11.3 Å². The minimum atomic E-state index is 0.0340. The maximum atomic E-state index is 6.64. The fourth-order valence-electron chi connectivity index (χ4n) is 3.51. The highest BCUT2D eigenvalue weighted by Gasteiger charge is 2.37. The first-order chi connectivity index (χ1) is 9.36. The summed E-state index contributed by atoms with van der Waals surface area (Å²) in [5, 5.41) is 0. The molecule has 2 rings (SSSR count). The van der Waals surface area contributed by atoms with Crippen LogP contribution < -0.4 is 5.73 Å². The average Bonchev–Trinajstić information content (AvgIpc) is 2.83. The van der Waals surface area contributed by atoms with E-state index in [-0.39, 0.29) is 5.54 Å². The lowest BCUT2D eigenvalue weighted by molar-refractivity contribution is 0.111. The molecule has 0 saturated heterocycles. The van der Waals surface area contributed by atoms with Gasteiger partial charge in [0.25, 0.3) is 0 Å². The van der Waals surface area contributed by atoms with E-state index in [1.54, 1.807) is 0 Å². The summed E-state index contributed by atoms with van der Waals surface area (Å²) in [4.78, 5) is 4.41. The molecule has 1 fully saturated rings. The summed E-state index contributed by atoms with van der Waals surface area (Å²) in [6.45, 7) is 7.13. The lowest BCUT2D eigenvalue weighted by Crippen LogP contribution is -2.45. The van der Waals surface area contributed by atoms with Crippen molar-refractivity contribution in [3.05, 3.63) is 18.2 Å². The third-order valence-corrected chi connectivity index (χ3v) is 5.77. The Balaban J connectivity index is 1.87. The van der Waals surface area contributed by atoms with Crippen LogP contribution in [-0.4, -0.2) is 15.1 Å². The molecule has 1 heterocycles. The van der Waals surface area contributed by atoms with Crippen molar-refractivity contribution < 1.29 is 0 Å². The SMILES string of the molecule is CCC(C)(C)C1CCC(N)(CCc2nccn2C)CC1. The van der Waals surface area contributed by atoms with E-state index in [1.165, 1.54) is 32.1 Å². The van der Waals surface area contributed by atoms with E-state index < -0.39 is 0 Å². The number of hydrogen-bond acceptors (Lipinski definition) is 2. The first-order valence-corrected chi connectivity index (χ1v) is 8.11. The van der Waals surface area contributed by atoms with Crippen molar-refractivity contribution in [2.75, 3.05) is 0 Å². The van der Waals surface area contributed by atoms with E-state index >= 15 is 0 Å². The number of aromatic nitrogens is 2. The zero-order valence-corrected chi connectivity index (χ0v) is 13.7. The van der Waals surface area contributed by atoms with Gasteiger partial charge in [-0.2, -0.15) is 0 Å². The molecule has 3 nitrogen and oxygen atoms in total. The van der Waals surface area contributed by atoms with E-state index in [9.17, 15) is 0 Å². The molecule has 0 bridgehead atoms. The number of aryl methyl sites for hydroxylation is 2. The molecule has 0 amide bonds. The Kier molecular flexibility index (Phi) is 4.58. The molecule has 0 atom stereocenters. The fraction of sp³-hybridized carbons (Fsp3) is 0.824. The van der Waals surface area contributed by atoms with Gasteiger partial charge in [-0.25, -0.2) is 4.98 Å². The first kappa shape index (κ1) is 15.6. The van der Waals surface area contributed by atoms with Gasteiger partial charge < -0.3 is 10.3 Å². The highest BCUT2D eigenvalue weighted by Crippen LogP contribution is 2.43. The minimum absolute atomic E-state index is 0.0340. The third-order valence-electron chi connectivity index (χ3n) is 5.77. The Labute approximate surface area is 124 Å². The molecule has 1 aromatic rings. The Morgan fingerprint density at radius 2 is 2.05 bits per heavy atom. The molecule has 1 aliphatic carbocycles. The zero-order chi connectivity index (χ0) is 14.8. The van der Waals surface area contributed by atoms with Gasteiger partial charge in [-0.3, -0.25) is 0 Å². The Hall–Kier alpha value is -0.830. The maximum absolute atomic E-state index is 6.64. The van der Waals surface area contributed by atoms with Gasteiger partial charge in [0.1, 0.15) is 5.82 Å². The van der Waals surface area contributed by atoms with Crippen molar-refractivity contribution >= 4 is 0 Å². The molecule has 0 aliphatic heterocycles. The van der Waals surface area contributed by atoms with Crippen LogP contribution in [0.4, 0.5) is 0 Å². The quantitative estimate of drug-likeness (QED) is 0.892. The van der Waals surface area contributed by atoms with Crippen molar-refractivity contribution in [1.29, 1.82) is 0 Å². The predicted molar refractivity (Wildman–Crippen MR) is 84.5 cm³/mol. The number of hydrogen-bond donors (Lipinski definition) is 1. The van der Waals surface area contributed by atoms with Crippen molar-refractivity contribution in [3.63, 3.8) is 0 Å². The Bertz CT molecular complexity index is 425. The van der Waals surface area contributed by atoms with Crippen molar-refractivity contribution in [2.45, 2.75) is 71.3 Å². The summed E-state index contributed by atoms with van der Waals surface area (Å²) >= 11 is 0. The molecule has 0 radical (unpaired) electrons. The summed E-state index contributed by atoms with van der Waals surface area (Å²) in [6, 6.07) is 0. The summed E-state index contributed by atoms with van der Waals surface area (Å²) in [5.74, 6) is 2.00. The van der Waals surface area contributed by atoms with Crippen molar-refractivity contribution in [2.24, 2.45) is 24.1 Å². The van der Waals surface area contributed by atoms with Crippen LogP contribution in [-0.2, 0) is 13.5 Å². The normalized spacial score (nSPS) is 27.8. The second-order valence-corrected chi connectivity index (χ2v) is 7.43. The van der Waals surface area contributed by atoms with Crippen LogP contribution in [0.25, 0.3) is 0 Å². The standard InChI is InChI=1S/C17H31N3/c1-5-16(2,3)14-6-9-17(18,10-7-14)11-8-15-19-12-13-20(15)4/h12-14H,5-11,18H2,1-4H3. The van der Waals surface area contributed by atoms with Crippen molar-refractivity contribution in [1.82, 2.24) is 9.55 Å². The van der Waals surface area contributed by atoms with Gasteiger partial charge in [0.15, 0.2) is 0 Å². The number of rotatable bonds is 5. The van der Waals surface area contributed by atoms with E-state index in [2.05, 4.69) is 37.4 Å². The molecular formula is C17H31N3. The van der Waals surface area contributed by atoms with E-state index in [4.69, 9.17) is 5.73 Å². The molecule has 0 aromatic carbocycles. The van der Waals surface area contributed by atoms with E-state index in [0.29, 0.717) is 5.41 Å². The molecule has 0 spiro atoms. The molecule has 0 unspecified atom stereocenters. The molecular weight excluding hydrogens is 246 g/mol. The first-order valence-electron chi connectivity index (χ1n) is 8.11. The molecule has 114 valence electrons. The van der Waals surface area contributed by atoms with Gasteiger partial charge in [0.05, 0.1) is 0 Å². The van der Waals surface area contributed by atoms with Gasteiger partial charge in [0, 0.05) is 31.4 Å². The fourth-order valence-corrected chi connectivity index (χ4v) is 3.51. The topological polar surface area (TPSA) is 43.8 Å². The van der Waals surface area contributed by atoms with Crippen LogP contribution in [0.5, 0.6) is 0 Å². The number of nitrogens with two attached hydrogens (primary N) is 1. The lowest BCUT2D eigenvalue weighted by atomic mass is 9.65. The average molecular weight is 277 g/mol. The number of nitrogens with zero attached hydrogens (tertiary/aromatic N) is 2. The second-order valence-electron chi connectivity index (χ2n) is 7.43. The molecule has 3 heteroatoms. The monoisotopic (exact) mass is 277 g/mol. The summed E-state index contributed by atoms with van der Waals surface area (Å²) < 4.78 is 2.11. The largest absolute Gasteiger partial charge is 0.338 e. The Morgan fingerprint density at radius 3 is 2.55 bits per heavy atom. The van der Waals surface area contributed by atoms with Gasteiger partial charge in [-0.15, -0.1) is 0 Å². The van der Waals surface area contributed by atoms with Crippen molar-refractivity contribution in [3.8, 4) is 0 Å². The Morgan fingerprint density at radius 1 is 1.40 bits per heavy atom. The molecule has 1 saturated carbocycles. The minimum Gasteiger partial charge on any atom is -0.338 e. The smallest absolute Gasteiger partial charge is 0.108 e. The van der Waals surface area contributed by atoms with Gasteiger partial charge in [-0.1, -0.05) is 27.2 Å². The van der Waals surface area contributed by atoms with Gasteiger partial charge in [-0.05, 0) is 43.4 Å². The van der Waals surface area contributed by atoms with Crippen LogP contribution in [0.15, 0.2) is 12.4 Å². The highest BCUT2D eigenvalue weighted by molar-refractivity contribution is 4.98. The van der Waals surface area contributed by atoms with Crippen LogP contribution in [0.3, 0.4) is 0 Å².